The predicted octanol–water partition coefficient (Wildman–Crippen LogP) is 16.1. The number of allylic oxidation sites excluding steroid dienone is 1. The Morgan fingerprint density at radius 2 is 1.01 bits per heavy atom. The van der Waals surface area contributed by atoms with Crippen LogP contribution in [0.1, 0.15) is 52.7 Å². The predicted molar refractivity (Wildman–Crippen MR) is 307 cm³/mol. The maximum Gasteiger partial charge on any atom is 0.185 e. The van der Waals surface area contributed by atoms with Crippen molar-refractivity contribution in [2.45, 2.75) is 31.3 Å². The summed E-state index contributed by atoms with van der Waals surface area (Å²) in [5, 5.41) is 25.7. The highest BCUT2D eigenvalue weighted by Crippen LogP contribution is 2.56. The summed E-state index contributed by atoms with van der Waals surface area (Å²) in [6, 6.07) is 84.7. The first-order valence-electron chi connectivity index (χ1n) is 26.2. The van der Waals surface area contributed by atoms with Crippen LogP contribution in [0.2, 0.25) is 0 Å². The molecule has 2 fully saturated rings. The molecule has 5 heteroatoms. The SMILES string of the molecule is C1=Cc2c(cc(C3N4C(c5ccc6ccccc6c5)[NH2+]C(c5ccc6c(-n7c8cc(-n9c%10ccccc%10c%10c%11ccccc%11ccc%109)ccc8c8cc9ccccc9cc87)cccc6c5)N34)c3ccccc23)CC1. The maximum atomic E-state index is 2.66. The highest BCUT2D eigenvalue weighted by atomic mass is 15.9. The Kier molecular flexibility index (Phi) is 8.44. The molecular formula is C69H48N5+. The third-order valence-electron chi connectivity index (χ3n) is 17.0. The van der Waals surface area contributed by atoms with Gasteiger partial charge in [-0.2, -0.15) is 10.0 Å². The molecule has 0 spiro atoms. The van der Waals surface area contributed by atoms with Crippen molar-refractivity contribution >= 4 is 104 Å². The number of hydrogen-bond donors (Lipinski definition) is 1. The summed E-state index contributed by atoms with van der Waals surface area (Å²) in [5.41, 5.74) is 14.0. The summed E-state index contributed by atoms with van der Waals surface area (Å²) in [5.74, 6) is 0. The van der Waals surface area contributed by atoms with E-state index in [1.807, 2.05) is 0 Å². The summed E-state index contributed by atoms with van der Waals surface area (Å²) in [6.07, 6.45) is 7.22. The lowest BCUT2D eigenvalue weighted by Crippen LogP contribution is -2.85. The van der Waals surface area contributed by atoms with Crippen LogP contribution in [0, 0.1) is 0 Å². The minimum atomic E-state index is 0.0877. The van der Waals surface area contributed by atoms with E-state index in [2.05, 4.69) is 261 Å². The molecule has 14 aromatic rings. The second-order valence-electron chi connectivity index (χ2n) is 20.9. The molecule has 2 aromatic heterocycles. The number of aromatic nitrogens is 2. The first-order valence-corrected chi connectivity index (χ1v) is 26.2. The van der Waals surface area contributed by atoms with Gasteiger partial charge in [-0.3, -0.25) is 0 Å². The third kappa shape index (κ3) is 5.80. The molecule has 5 nitrogen and oxygen atoms in total. The first-order chi connectivity index (χ1) is 36.7. The van der Waals surface area contributed by atoms with Gasteiger partial charge in [0.1, 0.15) is 6.17 Å². The van der Waals surface area contributed by atoms with Gasteiger partial charge in [0.05, 0.1) is 27.8 Å². The topological polar surface area (TPSA) is 32.5 Å². The smallest absolute Gasteiger partial charge is 0.185 e. The molecule has 12 aromatic carbocycles. The number of aryl methyl sites for hydroxylation is 1. The molecule has 0 radical (unpaired) electrons. The molecule has 2 aliphatic heterocycles. The van der Waals surface area contributed by atoms with Gasteiger partial charge in [0.25, 0.3) is 0 Å². The van der Waals surface area contributed by atoms with Crippen LogP contribution in [0.3, 0.4) is 0 Å². The zero-order valence-electron chi connectivity index (χ0n) is 40.5. The Hall–Kier alpha value is -8.84. The minimum Gasteiger partial charge on any atom is -0.309 e. The van der Waals surface area contributed by atoms with Gasteiger partial charge in [0, 0.05) is 43.7 Å². The largest absolute Gasteiger partial charge is 0.309 e. The van der Waals surface area contributed by atoms with E-state index >= 15 is 0 Å². The van der Waals surface area contributed by atoms with Crippen LogP contribution in [-0.2, 0) is 6.42 Å². The number of hydrazine groups is 1. The fourth-order valence-electron chi connectivity index (χ4n) is 13.7. The van der Waals surface area contributed by atoms with E-state index in [4.69, 9.17) is 0 Å². The lowest BCUT2D eigenvalue weighted by atomic mass is 9.88. The van der Waals surface area contributed by atoms with E-state index in [-0.39, 0.29) is 18.5 Å². The zero-order chi connectivity index (χ0) is 48.2. The van der Waals surface area contributed by atoms with E-state index in [0.717, 1.165) is 18.5 Å². The van der Waals surface area contributed by atoms with Crippen molar-refractivity contribution in [1.29, 1.82) is 0 Å². The van der Waals surface area contributed by atoms with E-state index in [1.54, 1.807) is 0 Å². The number of quaternary nitrogens is 1. The Bertz CT molecular complexity index is 4770. The van der Waals surface area contributed by atoms with Crippen molar-refractivity contribution in [3.8, 4) is 11.4 Å². The van der Waals surface area contributed by atoms with Gasteiger partial charge >= 0.3 is 0 Å². The molecule has 2 saturated heterocycles. The molecule has 5 atom stereocenters. The van der Waals surface area contributed by atoms with Crippen molar-refractivity contribution in [2.75, 3.05) is 0 Å². The van der Waals surface area contributed by atoms with Crippen molar-refractivity contribution in [1.82, 2.24) is 19.2 Å². The Morgan fingerprint density at radius 3 is 1.85 bits per heavy atom. The van der Waals surface area contributed by atoms with Gasteiger partial charge in [0.2, 0.25) is 0 Å². The van der Waals surface area contributed by atoms with Gasteiger partial charge in [-0.25, -0.2) is 0 Å². The Labute approximate surface area is 427 Å². The number of para-hydroxylation sites is 1. The van der Waals surface area contributed by atoms with Crippen LogP contribution in [0.5, 0.6) is 0 Å². The minimum absolute atomic E-state index is 0.0877. The fraction of sp³-hybridized carbons (Fsp3) is 0.0725. The standard InChI is InChI=1S/C69H47N5/c1-2-16-44-36-49(29-28-42(44)14-1)67-70-68(74-69(73(67)74)60-39-48-19-6-7-21-52(48)55-23-9-10-24-56(55)60)50-30-33-53-47(37-50)20-13-27-61(53)72-64-40-46-18-4-3-17-45(46)38-59(64)57-34-32-51(41-65(57)72)71-62-26-12-11-25-58(62)66-54-22-8-5-15-43(54)31-35-63(66)71/h1-5,7-18,20-41,67-70H,6,19H2/p+1. The molecule has 1 aliphatic carbocycles. The number of benzene rings is 12. The van der Waals surface area contributed by atoms with Crippen LogP contribution in [0.25, 0.3) is 115 Å². The summed E-state index contributed by atoms with van der Waals surface area (Å²) in [7, 11) is 0. The molecule has 348 valence electrons. The highest BCUT2D eigenvalue weighted by molar-refractivity contribution is 6.22. The molecule has 17 rings (SSSR count). The molecule has 3 aliphatic rings. The number of rotatable bonds is 5. The van der Waals surface area contributed by atoms with E-state index in [9.17, 15) is 0 Å². The summed E-state index contributed by atoms with van der Waals surface area (Å²) in [4.78, 5) is 0. The number of nitrogens with two attached hydrogens (primary N) is 1. The molecule has 0 bridgehead atoms. The van der Waals surface area contributed by atoms with Gasteiger partial charge in [-0.05, 0) is 133 Å². The second kappa shape index (κ2) is 15.3. The number of nitrogens with zero attached hydrogens (tertiary/aromatic N) is 4. The zero-order valence-corrected chi connectivity index (χ0v) is 40.5. The Morgan fingerprint density at radius 1 is 0.378 bits per heavy atom. The van der Waals surface area contributed by atoms with Crippen molar-refractivity contribution in [2.24, 2.45) is 0 Å². The fourth-order valence-corrected chi connectivity index (χ4v) is 13.7. The van der Waals surface area contributed by atoms with Crippen molar-refractivity contribution in [3.05, 3.63) is 258 Å². The van der Waals surface area contributed by atoms with Crippen LogP contribution >= 0.6 is 0 Å². The number of fused-ring (bicyclic) bond motifs is 15. The van der Waals surface area contributed by atoms with Gasteiger partial charge in [-0.1, -0.05) is 182 Å². The third-order valence-corrected chi connectivity index (χ3v) is 17.0. The van der Waals surface area contributed by atoms with Crippen LogP contribution in [0.15, 0.2) is 231 Å². The molecular weight excluding hydrogens is 899 g/mol. The molecule has 0 saturated carbocycles. The van der Waals surface area contributed by atoms with Crippen molar-refractivity contribution < 1.29 is 5.32 Å². The summed E-state index contributed by atoms with van der Waals surface area (Å²) < 4.78 is 5.02. The van der Waals surface area contributed by atoms with Crippen LogP contribution in [-0.4, -0.2) is 19.2 Å². The van der Waals surface area contributed by atoms with Gasteiger partial charge < -0.3 is 14.5 Å². The summed E-state index contributed by atoms with van der Waals surface area (Å²) in [6.45, 7) is 0. The Balaban J connectivity index is 0.841. The quantitative estimate of drug-likeness (QED) is 0.174. The average molecular weight is 947 g/mol. The number of hydrogen-bond acceptors (Lipinski definition) is 2. The van der Waals surface area contributed by atoms with E-state index in [0.29, 0.717) is 0 Å². The average Bonchev–Trinajstić information content (AvgIpc) is 3.82. The first kappa shape index (κ1) is 40.7. The van der Waals surface area contributed by atoms with Crippen LogP contribution < -0.4 is 5.32 Å². The molecule has 2 N–H and O–H groups in total. The maximum absolute atomic E-state index is 2.66. The molecule has 0 amide bonds. The monoisotopic (exact) mass is 946 g/mol. The van der Waals surface area contributed by atoms with E-state index in [1.165, 1.54) is 131 Å². The summed E-state index contributed by atoms with van der Waals surface area (Å²) >= 11 is 0. The molecule has 4 heterocycles. The van der Waals surface area contributed by atoms with E-state index < -0.39 is 0 Å². The van der Waals surface area contributed by atoms with Crippen molar-refractivity contribution in [3.63, 3.8) is 0 Å². The van der Waals surface area contributed by atoms with Gasteiger partial charge in [-0.15, -0.1) is 0 Å². The highest BCUT2D eigenvalue weighted by Gasteiger charge is 2.64. The lowest BCUT2D eigenvalue weighted by Gasteiger charge is -2.21. The molecule has 74 heavy (non-hydrogen) atoms. The normalized spacial score (nSPS) is 19.3. The lowest BCUT2D eigenvalue weighted by molar-refractivity contribution is -0.735. The molecule has 5 unspecified atom stereocenters. The second-order valence-corrected chi connectivity index (χ2v) is 20.9. The van der Waals surface area contributed by atoms with Gasteiger partial charge in [0.15, 0.2) is 12.3 Å². The van der Waals surface area contributed by atoms with Crippen LogP contribution in [0.4, 0.5) is 0 Å².